The van der Waals surface area contributed by atoms with Crippen LogP contribution in [-0.4, -0.2) is 6.54 Å². The van der Waals surface area contributed by atoms with Crippen molar-refractivity contribution in [3.05, 3.63) is 42.0 Å². The smallest absolute Gasteiger partial charge is 0.0340 e. The van der Waals surface area contributed by atoms with Crippen LogP contribution in [0.15, 0.2) is 36.4 Å². The molecule has 0 saturated carbocycles. The van der Waals surface area contributed by atoms with Gasteiger partial charge in [0.05, 0.1) is 0 Å². The van der Waals surface area contributed by atoms with Gasteiger partial charge in [0.25, 0.3) is 0 Å². The zero-order chi connectivity index (χ0) is 13.0. The summed E-state index contributed by atoms with van der Waals surface area (Å²) in [5.74, 6) is 0.803. The topological polar surface area (TPSA) is 12.0 Å². The first-order chi connectivity index (χ1) is 8.55. The Morgan fingerprint density at radius 1 is 1.11 bits per heavy atom. The van der Waals surface area contributed by atoms with Crippen LogP contribution in [0.1, 0.15) is 45.6 Å². The number of allylic oxidation sites excluding steroid dienone is 2. The molecule has 1 nitrogen and oxygen atoms in total. The van der Waals surface area contributed by atoms with E-state index in [-0.39, 0.29) is 5.41 Å². The van der Waals surface area contributed by atoms with E-state index in [1.54, 1.807) is 0 Å². The highest BCUT2D eigenvalue weighted by molar-refractivity contribution is 5.45. The van der Waals surface area contributed by atoms with Gasteiger partial charge >= 0.3 is 0 Å². The van der Waals surface area contributed by atoms with Gasteiger partial charge in [-0.3, -0.25) is 0 Å². The van der Waals surface area contributed by atoms with Crippen LogP contribution in [0.3, 0.4) is 0 Å². The molecule has 0 radical (unpaired) electrons. The molecule has 0 amide bonds. The zero-order valence-electron chi connectivity index (χ0n) is 11.9. The maximum absolute atomic E-state index is 3.56. The molecule has 0 aromatic heterocycles. The van der Waals surface area contributed by atoms with Gasteiger partial charge in [0, 0.05) is 12.2 Å². The van der Waals surface area contributed by atoms with Gasteiger partial charge in [-0.05, 0) is 48.3 Å². The molecule has 1 aliphatic rings. The molecule has 2 rings (SSSR count). The molecule has 1 aliphatic carbocycles. The Morgan fingerprint density at radius 2 is 1.83 bits per heavy atom. The predicted octanol–water partition coefficient (Wildman–Crippen LogP) is 4.75. The van der Waals surface area contributed by atoms with E-state index in [9.17, 15) is 0 Å². The van der Waals surface area contributed by atoms with E-state index >= 15 is 0 Å². The zero-order valence-corrected chi connectivity index (χ0v) is 11.9. The average Bonchev–Trinajstić information content (AvgIpc) is 2.37. The summed E-state index contributed by atoms with van der Waals surface area (Å²) in [7, 11) is 0. The van der Waals surface area contributed by atoms with Crippen LogP contribution in [-0.2, 0) is 5.41 Å². The number of nitrogens with one attached hydrogen (secondary N) is 1. The summed E-state index contributed by atoms with van der Waals surface area (Å²) in [5, 5.41) is 3.56. The van der Waals surface area contributed by atoms with Crippen molar-refractivity contribution < 1.29 is 0 Å². The first-order valence-corrected chi connectivity index (χ1v) is 7.05. The van der Waals surface area contributed by atoms with Crippen LogP contribution in [0.25, 0.3) is 0 Å². The molecule has 1 unspecified atom stereocenters. The highest BCUT2D eigenvalue weighted by Gasteiger charge is 2.13. The Bertz CT molecular complexity index is 395. The molecule has 18 heavy (non-hydrogen) atoms. The van der Waals surface area contributed by atoms with Gasteiger partial charge in [0.1, 0.15) is 0 Å². The SMILES string of the molecule is CC(C)(C)c1ccc(NCC2CC=CCC2)cc1. The van der Waals surface area contributed by atoms with Crippen molar-refractivity contribution in [1.82, 2.24) is 0 Å². The molecule has 0 aliphatic heterocycles. The molecule has 0 fully saturated rings. The molecule has 1 heteroatoms. The van der Waals surface area contributed by atoms with Crippen LogP contribution in [0.4, 0.5) is 5.69 Å². The highest BCUT2D eigenvalue weighted by Crippen LogP contribution is 2.24. The molecule has 0 spiro atoms. The molecule has 1 aromatic carbocycles. The van der Waals surface area contributed by atoms with Gasteiger partial charge in [-0.1, -0.05) is 45.1 Å². The van der Waals surface area contributed by atoms with Gasteiger partial charge in [0.15, 0.2) is 0 Å². The maximum Gasteiger partial charge on any atom is 0.0340 e. The Hall–Kier alpha value is -1.24. The monoisotopic (exact) mass is 243 g/mol. The Labute approximate surface area is 111 Å². The highest BCUT2D eigenvalue weighted by atomic mass is 14.9. The van der Waals surface area contributed by atoms with Gasteiger partial charge < -0.3 is 5.32 Å². The van der Waals surface area contributed by atoms with E-state index in [0.29, 0.717) is 0 Å². The number of anilines is 1. The first kappa shape index (κ1) is 13.2. The lowest BCUT2D eigenvalue weighted by Gasteiger charge is -2.21. The van der Waals surface area contributed by atoms with E-state index in [1.165, 1.54) is 30.5 Å². The molecular weight excluding hydrogens is 218 g/mol. The Kier molecular flexibility index (Phi) is 4.11. The molecule has 0 bridgehead atoms. The summed E-state index contributed by atoms with van der Waals surface area (Å²) in [6, 6.07) is 8.89. The third-order valence-electron chi connectivity index (χ3n) is 3.72. The summed E-state index contributed by atoms with van der Waals surface area (Å²) in [6.07, 6.45) is 8.42. The molecule has 1 N–H and O–H groups in total. The average molecular weight is 243 g/mol. The van der Waals surface area contributed by atoms with Crippen molar-refractivity contribution in [1.29, 1.82) is 0 Å². The summed E-state index contributed by atoms with van der Waals surface area (Å²) in [6.45, 7) is 7.86. The van der Waals surface area contributed by atoms with Gasteiger partial charge in [-0.2, -0.15) is 0 Å². The summed E-state index contributed by atoms with van der Waals surface area (Å²) < 4.78 is 0. The van der Waals surface area contributed by atoms with E-state index in [2.05, 4.69) is 62.5 Å². The second kappa shape index (κ2) is 5.60. The van der Waals surface area contributed by atoms with Gasteiger partial charge in [0.2, 0.25) is 0 Å². The molecule has 98 valence electrons. The van der Waals surface area contributed by atoms with E-state index in [1.807, 2.05) is 0 Å². The molecule has 1 aromatic rings. The van der Waals surface area contributed by atoms with Gasteiger partial charge in [-0.15, -0.1) is 0 Å². The Balaban J connectivity index is 1.88. The minimum atomic E-state index is 0.243. The quantitative estimate of drug-likeness (QED) is 0.755. The Morgan fingerprint density at radius 3 is 2.39 bits per heavy atom. The fourth-order valence-corrected chi connectivity index (χ4v) is 2.39. The number of hydrogen-bond donors (Lipinski definition) is 1. The van der Waals surface area contributed by atoms with Crippen molar-refractivity contribution >= 4 is 5.69 Å². The minimum absolute atomic E-state index is 0.243. The first-order valence-electron chi connectivity index (χ1n) is 7.05. The summed E-state index contributed by atoms with van der Waals surface area (Å²) in [5.41, 5.74) is 2.89. The second-order valence-electron chi connectivity index (χ2n) is 6.36. The van der Waals surface area contributed by atoms with Crippen molar-refractivity contribution in [2.45, 2.75) is 45.4 Å². The molecule has 0 saturated heterocycles. The number of hydrogen-bond acceptors (Lipinski definition) is 1. The van der Waals surface area contributed by atoms with Crippen molar-refractivity contribution in [2.24, 2.45) is 5.92 Å². The normalized spacial score (nSPS) is 19.8. The largest absolute Gasteiger partial charge is 0.385 e. The summed E-state index contributed by atoms with van der Waals surface area (Å²) in [4.78, 5) is 0. The van der Waals surface area contributed by atoms with Crippen LogP contribution in [0, 0.1) is 5.92 Å². The molecule has 0 heterocycles. The lowest BCUT2D eigenvalue weighted by molar-refractivity contribution is 0.504. The third-order valence-corrected chi connectivity index (χ3v) is 3.72. The number of benzene rings is 1. The minimum Gasteiger partial charge on any atom is -0.385 e. The second-order valence-corrected chi connectivity index (χ2v) is 6.36. The van der Waals surface area contributed by atoms with Crippen LogP contribution < -0.4 is 5.32 Å². The molecular formula is C17H25N. The van der Waals surface area contributed by atoms with Crippen LogP contribution >= 0.6 is 0 Å². The van der Waals surface area contributed by atoms with E-state index < -0.39 is 0 Å². The van der Waals surface area contributed by atoms with Crippen molar-refractivity contribution in [3.63, 3.8) is 0 Å². The molecule has 1 atom stereocenters. The number of rotatable bonds is 3. The van der Waals surface area contributed by atoms with Gasteiger partial charge in [-0.25, -0.2) is 0 Å². The van der Waals surface area contributed by atoms with E-state index in [0.717, 1.165) is 12.5 Å². The lowest BCUT2D eigenvalue weighted by Crippen LogP contribution is -2.15. The predicted molar refractivity (Wildman–Crippen MR) is 80.1 cm³/mol. The van der Waals surface area contributed by atoms with Crippen molar-refractivity contribution in [3.8, 4) is 0 Å². The van der Waals surface area contributed by atoms with Crippen molar-refractivity contribution in [2.75, 3.05) is 11.9 Å². The fraction of sp³-hybridized carbons (Fsp3) is 0.529. The maximum atomic E-state index is 3.56. The van der Waals surface area contributed by atoms with Crippen LogP contribution in [0.5, 0.6) is 0 Å². The standard InChI is InChI=1S/C17H25N/c1-17(2,3)15-9-11-16(12-10-15)18-13-14-7-5-4-6-8-14/h4-5,9-12,14,18H,6-8,13H2,1-3H3. The third kappa shape index (κ3) is 3.63. The van der Waals surface area contributed by atoms with E-state index in [4.69, 9.17) is 0 Å². The van der Waals surface area contributed by atoms with Crippen LogP contribution in [0.2, 0.25) is 0 Å². The summed E-state index contributed by atoms with van der Waals surface area (Å²) >= 11 is 0. The fourth-order valence-electron chi connectivity index (χ4n) is 2.39. The lowest BCUT2D eigenvalue weighted by atomic mass is 9.87.